The molecule has 1 aromatic heterocycles. The minimum Gasteiger partial charge on any atom is -0.351 e. The third-order valence-electron chi connectivity index (χ3n) is 3.17. The number of rotatable bonds is 6. The van der Waals surface area contributed by atoms with Gasteiger partial charge in [-0.05, 0) is 29.2 Å². The van der Waals surface area contributed by atoms with Crippen molar-refractivity contribution >= 4 is 29.2 Å². The Morgan fingerprint density at radius 2 is 1.88 bits per heavy atom. The van der Waals surface area contributed by atoms with Crippen LogP contribution in [-0.2, 0) is 11.3 Å². The molecule has 0 bridgehead atoms. The lowest BCUT2D eigenvalue weighted by molar-refractivity contribution is -0.118. The zero-order chi connectivity index (χ0) is 16.8. The Morgan fingerprint density at radius 1 is 1.12 bits per heavy atom. The molecule has 0 saturated carbocycles. The van der Waals surface area contributed by atoms with Crippen molar-refractivity contribution in [3.63, 3.8) is 0 Å². The van der Waals surface area contributed by atoms with Gasteiger partial charge in [0.05, 0.1) is 5.75 Å². The first-order valence-corrected chi connectivity index (χ1v) is 9.00. The van der Waals surface area contributed by atoms with Gasteiger partial charge in [-0.1, -0.05) is 54.2 Å². The minimum absolute atomic E-state index is 0.0965. The average molecular weight is 359 g/mol. The standard InChI is InChI=1S/C17H14FN3OS2/c18-14-8-6-12(7-9-14)10-19-15(22)11-23-17-20-16(21-24-17)13-4-2-1-3-5-13/h1-9H,10-11H2,(H,19,22). The van der Waals surface area contributed by atoms with E-state index in [0.717, 1.165) is 15.5 Å². The molecule has 7 heteroatoms. The normalized spacial score (nSPS) is 10.5. The quantitative estimate of drug-likeness (QED) is 0.681. The number of halogens is 1. The molecule has 0 atom stereocenters. The summed E-state index contributed by atoms with van der Waals surface area (Å²) >= 11 is 2.64. The lowest BCUT2D eigenvalue weighted by Crippen LogP contribution is -2.24. The van der Waals surface area contributed by atoms with Crippen LogP contribution >= 0.6 is 23.3 Å². The van der Waals surface area contributed by atoms with Crippen LogP contribution in [0, 0.1) is 5.82 Å². The zero-order valence-electron chi connectivity index (χ0n) is 12.6. The summed E-state index contributed by atoms with van der Waals surface area (Å²) in [4.78, 5) is 16.3. The number of amides is 1. The molecule has 3 rings (SSSR count). The predicted molar refractivity (Wildman–Crippen MR) is 94.3 cm³/mol. The van der Waals surface area contributed by atoms with Gasteiger partial charge in [0.1, 0.15) is 5.82 Å². The van der Waals surface area contributed by atoms with E-state index in [0.29, 0.717) is 12.4 Å². The molecule has 0 radical (unpaired) electrons. The van der Waals surface area contributed by atoms with Crippen molar-refractivity contribution in [3.8, 4) is 11.4 Å². The van der Waals surface area contributed by atoms with Crippen molar-refractivity contribution in [1.29, 1.82) is 0 Å². The van der Waals surface area contributed by atoms with Crippen molar-refractivity contribution in [1.82, 2.24) is 14.7 Å². The fraction of sp³-hybridized carbons (Fsp3) is 0.118. The van der Waals surface area contributed by atoms with Gasteiger partial charge in [-0.2, -0.15) is 4.37 Å². The summed E-state index contributed by atoms with van der Waals surface area (Å²) < 4.78 is 17.9. The maximum absolute atomic E-state index is 12.8. The molecule has 1 amide bonds. The topological polar surface area (TPSA) is 54.9 Å². The summed E-state index contributed by atoms with van der Waals surface area (Å²) in [6.45, 7) is 0.380. The highest BCUT2D eigenvalue weighted by molar-refractivity contribution is 8.01. The maximum atomic E-state index is 12.8. The number of carbonyl (C=O) groups excluding carboxylic acids is 1. The van der Waals surface area contributed by atoms with Gasteiger partial charge in [0.25, 0.3) is 0 Å². The van der Waals surface area contributed by atoms with Crippen LogP contribution in [0.5, 0.6) is 0 Å². The van der Waals surface area contributed by atoms with E-state index in [4.69, 9.17) is 0 Å². The smallest absolute Gasteiger partial charge is 0.230 e. The van der Waals surface area contributed by atoms with Gasteiger partial charge in [-0.25, -0.2) is 9.37 Å². The van der Waals surface area contributed by atoms with Crippen molar-refractivity contribution in [2.45, 2.75) is 10.9 Å². The fourth-order valence-corrected chi connectivity index (χ4v) is 3.40. The Kier molecular flexibility index (Phi) is 5.55. The van der Waals surface area contributed by atoms with E-state index in [1.165, 1.54) is 35.4 Å². The SMILES string of the molecule is O=C(CSc1nc(-c2ccccc2)ns1)NCc1ccc(F)cc1. The second-order valence-electron chi connectivity index (χ2n) is 4.94. The summed E-state index contributed by atoms with van der Waals surface area (Å²) in [5.74, 6) is 0.562. The molecule has 0 unspecified atom stereocenters. The molecule has 4 nitrogen and oxygen atoms in total. The summed E-state index contributed by atoms with van der Waals surface area (Å²) in [5, 5.41) is 2.80. The molecule has 1 heterocycles. The lowest BCUT2D eigenvalue weighted by atomic mass is 10.2. The number of hydrogen-bond donors (Lipinski definition) is 1. The van der Waals surface area contributed by atoms with E-state index < -0.39 is 0 Å². The van der Waals surface area contributed by atoms with Gasteiger partial charge >= 0.3 is 0 Å². The first-order chi connectivity index (χ1) is 11.7. The first kappa shape index (κ1) is 16.6. The second-order valence-corrected chi connectivity index (χ2v) is 6.92. The van der Waals surface area contributed by atoms with Crippen LogP contribution < -0.4 is 5.32 Å². The van der Waals surface area contributed by atoms with Crippen LogP contribution in [0.2, 0.25) is 0 Å². The van der Waals surface area contributed by atoms with Gasteiger partial charge in [-0.3, -0.25) is 4.79 Å². The summed E-state index contributed by atoms with van der Waals surface area (Å²) in [6, 6.07) is 15.8. The molecule has 0 aliphatic carbocycles. The molecular weight excluding hydrogens is 345 g/mol. The van der Waals surface area contributed by atoms with Crippen LogP contribution in [0.3, 0.4) is 0 Å². The van der Waals surface area contributed by atoms with Crippen LogP contribution in [0.1, 0.15) is 5.56 Å². The Labute approximate surface area is 147 Å². The molecule has 3 aromatic rings. The number of aromatic nitrogens is 2. The van der Waals surface area contributed by atoms with Gasteiger partial charge in [0.15, 0.2) is 10.2 Å². The molecule has 0 fully saturated rings. The number of nitrogens with zero attached hydrogens (tertiary/aromatic N) is 2. The lowest BCUT2D eigenvalue weighted by Gasteiger charge is -2.04. The molecule has 122 valence electrons. The van der Waals surface area contributed by atoms with Crippen molar-refractivity contribution in [2.24, 2.45) is 0 Å². The van der Waals surface area contributed by atoms with Gasteiger partial charge in [0, 0.05) is 12.1 Å². The van der Waals surface area contributed by atoms with Crippen molar-refractivity contribution in [3.05, 3.63) is 66.0 Å². The Bertz CT molecular complexity index is 806. The highest BCUT2D eigenvalue weighted by atomic mass is 32.2. The monoisotopic (exact) mass is 359 g/mol. The largest absolute Gasteiger partial charge is 0.351 e. The van der Waals surface area contributed by atoms with Crippen LogP contribution in [0.4, 0.5) is 4.39 Å². The molecule has 2 aromatic carbocycles. The number of hydrogen-bond acceptors (Lipinski definition) is 5. The number of benzene rings is 2. The summed E-state index contributed by atoms with van der Waals surface area (Å²) in [5.41, 5.74) is 1.82. The first-order valence-electron chi connectivity index (χ1n) is 7.24. The fourth-order valence-electron chi connectivity index (χ4n) is 1.95. The van der Waals surface area contributed by atoms with E-state index in [1.54, 1.807) is 12.1 Å². The van der Waals surface area contributed by atoms with Gasteiger partial charge in [-0.15, -0.1) is 0 Å². The highest BCUT2D eigenvalue weighted by Gasteiger charge is 2.09. The predicted octanol–water partition coefficient (Wildman–Crippen LogP) is 3.75. The van der Waals surface area contributed by atoms with E-state index in [9.17, 15) is 9.18 Å². The van der Waals surface area contributed by atoms with Crippen molar-refractivity contribution in [2.75, 3.05) is 5.75 Å². The molecule has 0 spiro atoms. The maximum Gasteiger partial charge on any atom is 0.230 e. The number of thioether (sulfide) groups is 1. The molecule has 1 N–H and O–H groups in total. The third kappa shape index (κ3) is 4.62. The molecular formula is C17H14FN3OS2. The van der Waals surface area contributed by atoms with Crippen LogP contribution in [-0.4, -0.2) is 21.0 Å². The number of carbonyl (C=O) groups is 1. The Morgan fingerprint density at radius 3 is 2.62 bits per heavy atom. The Balaban J connectivity index is 1.48. The zero-order valence-corrected chi connectivity index (χ0v) is 14.2. The van der Waals surface area contributed by atoms with Crippen LogP contribution in [0.15, 0.2) is 58.9 Å². The van der Waals surface area contributed by atoms with Gasteiger partial charge in [0.2, 0.25) is 5.91 Å². The molecule has 0 aliphatic rings. The summed E-state index contributed by atoms with van der Waals surface area (Å²) in [7, 11) is 0. The van der Waals surface area contributed by atoms with Gasteiger partial charge < -0.3 is 5.32 Å². The minimum atomic E-state index is -0.286. The van der Waals surface area contributed by atoms with E-state index in [2.05, 4.69) is 14.7 Å². The van der Waals surface area contributed by atoms with Crippen LogP contribution in [0.25, 0.3) is 11.4 Å². The molecule has 0 saturated heterocycles. The van der Waals surface area contributed by atoms with Crippen molar-refractivity contribution < 1.29 is 9.18 Å². The van der Waals surface area contributed by atoms with E-state index in [-0.39, 0.29) is 17.5 Å². The third-order valence-corrected chi connectivity index (χ3v) is 5.00. The van der Waals surface area contributed by atoms with E-state index in [1.807, 2.05) is 30.3 Å². The molecule has 24 heavy (non-hydrogen) atoms. The molecule has 0 aliphatic heterocycles. The summed E-state index contributed by atoms with van der Waals surface area (Å²) in [6.07, 6.45) is 0. The average Bonchev–Trinajstić information content (AvgIpc) is 3.09. The van der Waals surface area contributed by atoms with E-state index >= 15 is 0 Å². The highest BCUT2D eigenvalue weighted by Crippen LogP contribution is 2.24. The number of nitrogens with one attached hydrogen (secondary N) is 1. The Hall–Kier alpha value is -2.25. The second kappa shape index (κ2) is 8.03.